The maximum atomic E-state index is 5.89. The van der Waals surface area contributed by atoms with E-state index in [4.69, 9.17) is 14.6 Å². The van der Waals surface area contributed by atoms with Crippen molar-refractivity contribution in [2.75, 3.05) is 6.61 Å². The molecule has 2 heterocycles. The van der Waals surface area contributed by atoms with Gasteiger partial charge in [0.2, 0.25) is 0 Å². The molecule has 21 heavy (non-hydrogen) atoms. The first-order chi connectivity index (χ1) is 10.1. The first-order valence-corrected chi connectivity index (χ1v) is 8.61. The van der Waals surface area contributed by atoms with Gasteiger partial charge in [-0.3, -0.25) is 0 Å². The van der Waals surface area contributed by atoms with E-state index in [1.54, 1.807) is 0 Å². The van der Waals surface area contributed by atoms with Crippen LogP contribution in [-0.4, -0.2) is 22.5 Å². The molecule has 114 valence electrons. The van der Waals surface area contributed by atoms with Crippen LogP contribution in [0, 0.1) is 10.6 Å². The highest BCUT2D eigenvalue weighted by Crippen LogP contribution is 2.34. The van der Waals surface area contributed by atoms with E-state index in [9.17, 15) is 0 Å². The Morgan fingerprint density at radius 2 is 2.19 bits per heavy atom. The van der Waals surface area contributed by atoms with E-state index in [1.807, 2.05) is 18.5 Å². The van der Waals surface area contributed by atoms with Gasteiger partial charge in [-0.1, -0.05) is 0 Å². The Labute approximate surface area is 138 Å². The van der Waals surface area contributed by atoms with Crippen LogP contribution in [0.15, 0.2) is 12.1 Å². The molecule has 4 nitrogen and oxygen atoms in total. The van der Waals surface area contributed by atoms with Crippen molar-refractivity contribution in [1.82, 2.24) is 9.78 Å². The molecule has 0 radical (unpaired) electrons. The highest BCUT2D eigenvalue weighted by Gasteiger charge is 2.22. The standard InChI is InChI=1S/C16H21IN2O2/c1-10(2)21-13-8-7-12-15(11(13)3)16(17)18-19(12)14-6-4-5-9-20-14/h7-8,10,14H,4-6,9H2,1-3H3. The van der Waals surface area contributed by atoms with Crippen LogP contribution in [-0.2, 0) is 4.74 Å². The number of nitrogens with zero attached hydrogens (tertiary/aromatic N) is 2. The van der Waals surface area contributed by atoms with E-state index < -0.39 is 0 Å². The molecule has 3 rings (SSSR count). The Bertz CT molecular complexity index is 645. The summed E-state index contributed by atoms with van der Waals surface area (Å²) in [6.07, 6.45) is 3.64. The fraction of sp³-hybridized carbons (Fsp3) is 0.562. The molecule has 2 aromatic rings. The van der Waals surface area contributed by atoms with Crippen LogP contribution in [0.3, 0.4) is 0 Å². The number of halogens is 1. The maximum absolute atomic E-state index is 5.89. The zero-order valence-corrected chi connectivity index (χ0v) is 14.9. The van der Waals surface area contributed by atoms with Crippen LogP contribution < -0.4 is 4.74 Å². The SMILES string of the molecule is Cc1c(OC(C)C)ccc2c1c(I)nn2C1CCCCO1. The van der Waals surface area contributed by atoms with Crippen LogP contribution in [0.1, 0.15) is 44.9 Å². The minimum absolute atomic E-state index is 0.0704. The summed E-state index contributed by atoms with van der Waals surface area (Å²) in [6, 6.07) is 4.15. The number of rotatable bonds is 3. The molecule has 5 heteroatoms. The van der Waals surface area contributed by atoms with Gasteiger partial charge in [0.15, 0.2) is 6.23 Å². The Balaban J connectivity index is 2.06. The van der Waals surface area contributed by atoms with Gasteiger partial charge in [-0.2, -0.15) is 5.10 Å². The highest BCUT2D eigenvalue weighted by molar-refractivity contribution is 14.1. The van der Waals surface area contributed by atoms with Crippen molar-refractivity contribution in [3.05, 3.63) is 21.4 Å². The van der Waals surface area contributed by atoms with Gasteiger partial charge < -0.3 is 9.47 Å². The number of ether oxygens (including phenoxy) is 2. The minimum Gasteiger partial charge on any atom is -0.491 e. The third-order valence-corrected chi connectivity index (χ3v) is 4.59. The molecule has 1 aliphatic rings. The van der Waals surface area contributed by atoms with E-state index in [2.05, 4.69) is 41.6 Å². The number of aromatic nitrogens is 2. The fourth-order valence-corrected chi connectivity index (χ4v) is 3.76. The molecule has 1 unspecified atom stereocenters. The number of hydrogen-bond donors (Lipinski definition) is 0. The Hall–Kier alpha value is -0.820. The number of hydrogen-bond acceptors (Lipinski definition) is 3. The normalized spacial score (nSPS) is 19.4. The van der Waals surface area contributed by atoms with Crippen molar-refractivity contribution in [1.29, 1.82) is 0 Å². The molecular weight excluding hydrogens is 379 g/mol. The van der Waals surface area contributed by atoms with Crippen LogP contribution in [0.2, 0.25) is 0 Å². The molecule has 0 bridgehead atoms. The predicted octanol–water partition coefficient (Wildman–Crippen LogP) is 4.44. The van der Waals surface area contributed by atoms with Crippen molar-refractivity contribution in [3.63, 3.8) is 0 Å². The quantitative estimate of drug-likeness (QED) is 0.715. The van der Waals surface area contributed by atoms with Gasteiger partial charge in [0, 0.05) is 17.6 Å². The molecule has 1 atom stereocenters. The molecule has 1 fully saturated rings. The molecular formula is C16H21IN2O2. The topological polar surface area (TPSA) is 36.3 Å². The van der Waals surface area contributed by atoms with Gasteiger partial charge in [-0.15, -0.1) is 0 Å². The first kappa shape index (κ1) is 15.1. The van der Waals surface area contributed by atoms with Crippen molar-refractivity contribution in [2.45, 2.75) is 52.4 Å². The summed E-state index contributed by atoms with van der Waals surface area (Å²) in [4.78, 5) is 0. The molecule has 0 N–H and O–H groups in total. The van der Waals surface area contributed by atoms with E-state index >= 15 is 0 Å². The fourth-order valence-electron chi connectivity index (χ4n) is 2.85. The number of benzene rings is 1. The van der Waals surface area contributed by atoms with E-state index in [1.165, 1.54) is 11.8 Å². The third-order valence-electron chi connectivity index (χ3n) is 3.83. The molecule has 0 amide bonds. The van der Waals surface area contributed by atoms with Crippen LogP contribution in [0.25, 0.3) is 10.9 Å². The Morgan fingerprint density at radius 1 is 1.38 bits per heavy atom. The first-order valence-electron chi connectivity index (χ1n) is 7.53. The number of fused-ring (bicyclic) bond motifs is 1. The molecule has 1 aliphatic heterocycles. The summed E-state index contributed by atoms with van der Waals surface area (Å²) >= 11 is 2.31. The molecule has 0 spiro atoms. The smallest absolute Gasteiger partial charge is 0.150 e. The second kappa shape index (κ2) is 6.12. The van der Waals surface area contributed by atoms with Crippen LogP contribution in [0.4, 0.5) is 0 Å². The zero-order valence-electron chi connectivity index (χ0n) is 12.7. The summed E-state index contributed by atoms with van der Waals surface area (Å²) < 4.78 is 14.8. The molecule has 0 aliphatic carbocycles. The average Bonchev–Trinajstić information content (AvgIpc) is 2.80. The Morgan fingerprint density at radius 3 is 2.86 bits per heavy atom. The number of aryl methyl sites for hydroxylation is 1. The van der Waals surface area contributed by atoms with E-state index in [0.717, 1.165) is 40.0 Å². The largest absolute Gasteiger partial charge is 0.491 e. The summed E-state index contributed by atoms with van der Waals surface area (Å²) in [7, 11) is 0. The van der Waals surface area contributed by atoms with Gasteiger partial charge >= 0.3 is 0 Å². The summed E-state index contributed by atoms with van der Waals surface area (Å²) in [5.74, 6) is 0.944. The minimum atomic E-state index is 0.0704. The van der Waals surface area contributed by atoms with E-state index in [-0.39, 0.29) is 12.3 Å². The van der Waals surface area contributed by atoms with Crippen LogP contribution >= 0.6 is 22.6 Å². The lowest BCUT2D eigenvalue weighted by Crippen LogP contribution is -2.19. The van der Waals surface area contributed by atoms with Gasteiger partial charge in [0.25, 0.3) is 0 Å². The van der Waals surface area contributed by atoms with Gasteiger partial charge in [-0.25, -0.2) is 4.68 Å². The maximum Gasteiger partial charge on any atom is 0.150 e. The zero-order chi connectivity index (χ0) is 15.0. The molecule has 1 aromatic carbocycles. The second-order valence-corrected chi connectivity index (χ2v) is 6.83. The van der Waals surface area contributed by atoms with Crippen molar-refractivity contribution >= 4 is 33.5 Å². The Kier molecular flexibility index (Phi) is 4.40. The highest BCUT2D eigenvalue weighted by atomic mass is 127. The lowest BCUT2D eigenvalue weighted by atomic mass is 10.1. The average molecular weight is 400 g/mol. The van der Waals surface area contributed by atoms with Crippen molar-refractivity contribution in [2.24, 2.45) is 0 Å². The third kappa shape index (κ3) is 2.90. The van der Waals surface area contributed by atoms with Crippen LogP contribution in [0.5, 0.6) is 5.75 Å². The monoisotopic (exact) mass is 400 g/mol. The lowest BCUT2D eigenvalue weighted by Gasteiger charge is -2.23. The van der Waals surface area contributed by atoms with Gasteiger partial charge in [0.05, 0.1) is 11.6 Å². The van der Waals surface area contributed by atoms with E-state index in [0.29, 0.717) is 0 Å². The summed E-state index contributed by atoms with van der Waals surface area (Å²) in [5.41, 5.74) is 2.30. The molecule has 1 saturated heterocycles. The summed E-state index contributed by atoms with van der Waals surface area (Å²) in [6.45, 7) is 7.04. The lowest BCUT2D eigenvalue weighted by molar-refractivity contribution is -0.0368. The van der Waals surface area contributed by atoms with Gasteiger partial charge in [0.1, 0.15) is 9.45 Å². The predicted molar refractivity (Wildman–Crippen MR) is 91.8 cm³/mol. The van der Waals surface area contributed by atoms with Crippen molar-refractivity contribution in [3.8, 4) is 5.75 Å². The molecule has 0 saturated carbocycles. The van der Waals surface area contributed by atoms with Gasteiger partial charge in [-0.05, 0) is 74.8 Å². The second-order valence-electron chi connectivity index (χ2n) is 5.81. The molecule has 1 aromatic heterocycles. The van der Waals surface area contributed by atoms with Crippen molar-refractivity contribution < 1.29 is 9.47 Å². The summed E-state index contributed by atoms with van der Waals surface area (Å²) in [5, 5.41) is 5.90.